The van der Waals surface area contributed by atoms with Gasteiger partial charge in [0.15, 0.2) is 11.6 Å². The van der Waals surface area contributed by atoms with E-state index in [0.717, 1.165) is 69.3 Å². The molecule has 0 saturated heterocycles. The molecule has 0 aromatic heterocycles. The van der Waals surface area contributed by atoms with E-state index in [1.165, 1.54) is 32.1 Å². The van der Waals surface area contributed by atoms with Gasteiger partial charge in [-0.15, -0.1) is 0 Å². The lowest BCUT2D eigenvalue weighted by Gasteiger charge is -2.31. The van der Waals surface area contributed by atoms with E-state index in [1.54, 1.807) is 0 Å². The number of benzene rings is 1. The first kappa shape index (κ1) is 21.6. The molecule has 0 bridgehead atoms. The fourth-order valence-electron chi connectivity index (χ4n) is 5.11. The van der Waals surface area contributed by atoms with Crippen molar-refractivity contribution in [3.8, 4) is 5.75 Å². The zero-order chi connectivity index (χ0) is 19.9. The highest BCUT2D eigenvalue weighted by atomic mass is 19.2. The molecule has 1 aliphatic carbocycles. The van der Waals surface area contributed by atoms with Crippen molar-refractivity contribution in [3.05, 3.63) is 28.8 Å². The van der Waals surface area contributed by atoms with Gasteiger partial charge in [0.1, 0.15) is 0 Å². The molecule has 0 N–H and O–H groups in total. The van der Waals surface area contributed by atoms with Crippen molar-refractivity contribution < 1.29 is 13.5 Å². The Balaban J connectivity index is 1.63. The van der Waals surface area contributed by atoms with Gasteiger partial charge >= 0.3 is 0 Å². The van der Waals surface area contributed by atoms with Crippen LogP contribution in [0.4, 0.5) is 8.78 Å². The monoisotopic (exact) mass is 392 g/mol. The lowest BCUT2D eigenvalue weighted by Crippen LogP contribution is -2.24. The summed E-state index contributed by atoms with van der Waals surface area (Å²) in [5.41, 5.74) is 1.49. The predicted octanol–water partition coefficient (Wildman–Crippen LogP) is 8.09. The molecule has 3 rings (SSSR count). The minimum absolute atomic E-state index is 0.0392. The molecule has 158 valence electrons. The molecule has 1 atom stereocenters. The summed E-state index contributed by atoms with van der Waals surface area (Å²) in [5.74, 6) is -0.243. The maximum Gasteiger partial charge on any atom is 0.201 e. The van der Waals surface area contributed by atoms with Crippen LogP contribution in [-0.2, 0) is 6.42 Å². The van der Waals surface area contributed by atoms with Crippen molar-refractivity contribution in [3.63, 3.8) is 0 Å². The second kappa shape index (κ2) is 10.6. The highest BCUT2D eigenvalue weighted by Crippen LogP contribution is 2.42. The molecule has 2 aliphatic rings. The topological polar surface area (TPSA) is 9.23 Å². The molecule has 1 saturated carbocycles. The third kappa shape index (κ3) is 5.27. The number of unbranched alkanes of at least 4 members (excludes halogenated alkanes) is 4. The average molecular weight is 393 g/mol. The molecule has 1 fully saturated rings. The van der Waals surface area contributed by atoms with E-state index < -0.39 is 11.6 Å². The van der Waals surface area contributed by atoms with Gasteiger partial charge in [-0.05, 0) is 80.4 Å². The fraction of sp³-hybridized carbons (Fsp3) is 0.760. The van der Waals surface area contributed by atoms with Crippen LogP contribution >= 0.6 is 0 Å². The smallest absolute Gasteiger partial charge is 0.201 e. The standard InChI is InChI=1S/C25H38F2O/c1-3-5-7-9-18-11-13-19(14-12-18)22-17-20-15-16-21(10-8-6-4-2)28-25(20)24(27)23(22)26/h17-19,21H,3-16H2,1-2H3. The van der Waals surface area contributed by atoms with E-state index in [9.17, 15) is 8.78 Å². The fourth-order valence-corrected chi connectivity index (χ4v) is 5.11. The van der Waals surface area contributed by atoms with Gasteiger partial charge in [0.2, 0.25) is 5.82 Å². The van der Waals surface area contributed by atoms with Gasteiger partial charge < -0.3 is 4.74 Å². The van der Waals surface area contributed by atoms with Crippen LogP contribution in [0.25, 0.3) is 0 Å². The SMILES string of the molecule is CCCCCC1CCC(c2cc3c(c(F)c2F)OC(CCCCC)CC3)CC1. The number of rotatable bonds is 9. The Bertz CT molecular complexity index is 619. The van der Waals surface area contributed by atoms with E-state index in [2.05, 4.69) is 13.8 Å². The normalized spacial score (nSPS) is 24.6. The number of hydrogen-bond donors (Lipinski definition) is 0. The molecule has 0 spiro atoms. The van der Waals surface area contributed by atoms with Crippen LogP contribution in [0.5, 0.6) is 5.75 Å². The van der Waals surface area contributed by atoms with Crippen molar-refractivity contribution in [1.82, 2.24) is 0 Å². The Morgan fingerprint density at radius 1 is 0.857 bits per heavy atom. The number of hydrogen-bond acceptors (Lipinski definition) is 1. The predicted molar refractivity (Wildman–Crippen MR) is 112 cm³/mol. The molecular formula is C25H38F2O. The molecule has 0 radical (unpaired) electrons. The Kier molecular flexibility index (Phi) is 8.17. The summed E-state index contributed by atoms with van der Waals surface area (Å²) in [6.45, 7) is 4.41. The number of fused-ring (bicyclic) bond motifs is 1. The van der Waals surface area contributed by atoms with Gasteiger partial charge in [-0.25, -0.2) is 4.39 Å². The Labute approximate surface area is 170 Å². The van der Waals surface area contributed by atoms with E-state index >= 15 is 0 Å². The first-order valence-electron chi connectivity index (χ1n) is 11.8. The Morgan fingerprint density at radius 3 is 2.21 bits per heavy atom. The molecular weight excluding hydrogens is 354 g/mol. The van der Waals surface area contributed by atoms with Gasteiger partial charge in [0, 0.05) is 0 Å². The second-order valence-corrected chi connectivity index (χ2v) is 9.07. The first-order valence-corrected chi connectivity index (χ1v) is 11.8. The van der Waals surface area contributed by atoms with E-state index in [1.807, 2.05) is 6.07 Å². The molecule has 3 heteroatoms. The third-order valence-electron chi connectivity index (χ3n) is 6.92. The largest absolute Gasteiger partial charge is 0.487 e. The van der Waals surface area contributed by atoms with Crippen molar-refractivity contribution in [2.45, 2.75) is 116 Å². The molecule has 1 heterocycles. The number of aryl methyl sites for hydroxylation is 1. The summed E-state index contributed by atoms with van der Waals surface area (Å²) in [5, 5.41) is 0. The van der Waals surface area contributed by atoms with Crippen LogP contribution in [0, 0.1) is 17.6 Å². The first-order chi connectivity index (χ1) is 13.6. The Hall–Kier alpha value is -1.12. The van der Waals surface area contributed by atoms with Crippen LogP contribution in [0.3, 0.4) is 0 Å². The highest BCUT2D eigenvalue weighted by molar-refractivity contribution is 5.42. The summed E-state index contributed by atoms with van der Waals surface area (Å²) < 4.78 is 35.6. The molecule has 1 aromatic carbocycles. The average Bonchev–Trinajstić information content (AvgIpc) is 2.72. The molecule has 28 heavy (non-hydrogen) atoms. The number of ether oxygens (including phenoxy) is 1. The van der Waals surface area contributed by atoms with Crippen molar-refractivity contribution in [1.29, 1.82) is 0 Å². The van der Waals surface area contributed by atoms with Gasteiger partial charge in [0.05, 0.1) is 6.10 Å². The van der Waals surface area contributed by atoms with Crippen molar-refractivity contribution in [2.75, 3.05) is 0 Å². The van der Waals surface area contributed by atoms with Gasteiger partial charge in [0.25, 0.3) is 0 Å². The third-order valence-corrected chi connectivity index (χ3v) is 6.92. The maximum absolute atomic E-state index is 14.9. The van der Waals surface area contributed by atoms with Gasteiger partial charge in [-0.1, -0.05) is 52.4 Å². The highest BCUT2D eigenvalue weighted by Gasteiger charge is 2.31. The van der Waals surface area contributed by atoms with Crippen molar-refractivity contribution >= 4 is 0 Å². The molecule has 1 unspecified atom stereocenters. The zero-order valence-corrected chi connectivity index (χ0v) is 17.9. The van der Waals surface area contributed by atoms with E-state index in [-0.39, 0.29) is 17.8 Å². The van der Waals surface area contributed by atoms with E-state index in [4.69, 9.17) is 4.74 Å². The number of halogens is 2. The van der Waals surface area contributed by atoms with Crippen LogP contribution in [0.2, 0.25) is 0 Å². The zero-order valence-electron chi connectivity index (χ0n) is 17.9. The minimum atomic E-state index is -0.738. The second-order valence-electron chi connectivity index (χ2n) is 9.07. The van der Waals surface area contributed by atoms with Crippen LogP contribution < -0.4 is 4.74 Å². The summed E-state index contributed by atoms with van der Waals surface area (Å²) in [6.07, 6.45) is 15.6. The summed E-state index contributed by atoms with van der Waals surface area (Å²) in [4.78, 5) is 0. The maximum atomic E-state index is 14.9. The van der Waals surface area contributed by atoms with Crippen LogP contribution in [-0.4, -0.2) is 6.10 Å². The minimum Gasteiger partial charge on any atom is -0.487 e. The quantitative estimate of drug-likeness (QED) is 0.386. The molecule has 1 aliphatic heterocycles. The van der Waals surface area contributed by atoms with Gasteiger partial charge in [-0.3, -0.25) is 0 Å². The lowest BCUT2D eigenvalue weighted by molar-refractivity contribution is 0.150. The molecule has 1 nitrogen and oxygen atoms in total. The summed E-state index contributed by atoms with van der Waals surface area (Å²) in [6, 6.07) is 1.93. The van der Waals surface area contributed by atoms with Crippen LogP contribution in [0.1, 0.15) is 114 Å². The van der Waals surface area contributed by atoms with Crippen LogP contribution in [0.15, 0.2) is 6.07 Å². The Morgan fingerprint density at radius 2 is 1.54 bits per heavy atom. The van der Waals surface area contributed by atoms with E-state index in [0.29, 0.717) is 5.56 Å². The molecule has 0 amide bonds. The van der Waals surface area contributed by atoms with Crippen molar-refractivity contribution in [2.24, 2.45) is 5.92 Å². The summed E-state index contributed by atoms with van der Waals surface area (Å²) >= 11 is 0. The molecule has 1 aromatic rings. The van der Waals surface area contributed by atoms with Gasteiger partial charge in [-0.2, -0.15) is 4.39 Å². The lowest BCUT2D eigenvalue weighted by atomic mass is 9.76. The summed E-state index contributed by atoms with van der Waals surface area (Å²) in [7, 11) is 0.